The van der Waals surface area contributed by atoms with E-state index in [4.69, 9.17) is 26.5 Å². The minimum absolute atomic E-state index is 0.0124. The quantitative estimate of drug-likeness (QED) is 0.0328. The smallest absolute Gasteiger partial charge is 0.481 e. The van der Waals surface area contributed by atoms with Gasteiger partial charge in [-0.1, -0.05) is 88.4 Å². The molecular weight excluding hydrogens is 1240 g/mol. The lowest BCUT2D eigenvalue weighted by molar-refractivity contribution is -0.192. The fraction of sp³-hybridized carbons (Fsp3) is 0.509. The van der Waals surface area contributed by atoms with Crippen molar-refractivity contribution < 1.29 is 90.8 Å². The van der Waals surface area contributed by atoms with Gasteiger partial charge in [-0.3, -0.25) is 57.5 Å². The number of carbonyl (C=O) groups excluding carboxylic acids is 10. The van der Waals surface area contributed by atoms with Crippen LogP contribution in [0, 0.1) is 11.8 Å². The van der Waals surface area contributed by atoms with Crippen LogP contribution >= 0.6 is 23.5 Å². The first-order valence-electron chi connectivity index (χ1n) is 28.3. The number of halogens is 3. The first-order valence-corrected chi connectivity index (χ1v) is 31.1. The topological polar surface area (TPSA) is 472 Å². The molecule has 2 aromatic carbocycles. The molecule has 29 nitrogen and oxygen atoms in total. The number of thioether (sulfide) groups is 2. The van der Waals surface area contributed by atoms with E-state index < -0.39 is 163 Å². The van der Waals surface area contributed by atoms with Crippen molar-refractivity contribution in [1.82, 2.24) is 57.8 Å². The van der Waals surface area contributed by atoms with Gasteiger partial charge in [0.1, 0.15) is 48.3 Å². The summed E-state index contributed by atoms with van der Waals surface area (Å²) in [6.07, 6.45) is -0.855. The Morgan fingerprint density at radius 2 is 0.967 bits per heavy atom. The summed E-state index contributed by atoms with van der Waals surface area (Å²) in [7, 11) is 0. The van der Waals surface area contributed by atoms with Gasteiger partial charge in [0, 0.05) is 31.2 Å². The van der Waals surface area contributed by atoms with Crippen molar-refractivity contribution in [3.05, 3.63) is 90.0 Å². The number of aromatic amines is 1. The second-order valence-electron chi connectivity index (χ2n) is 21.3. The number of nitrogens with one attached hydrogen (secondary N) is 10. The molecule has 3 aromatic rings. The molecule has 3 rings (SSSR count). The van der Waals surface area contributed by atoms with E-state index in [-0.39, 0.29) is 44.4 Å². The van der Waals surface area contributed by atoms with Gasteiger partial charge in [-0.25, -0.2) is 9.78 Å². The molecular formula is C57H80F3N13O16S2. The standard InChI is InChI=1S/C55H79N13O14S2.C2HF3O2/c1-30(2)21-38(50(77)62-36(47(57)74)17-19-83-5)61-43(69)28-59-55(82)46(31(3)4)68-54(81)40(23-33-15-11-8-12-16-33)65-51(78)39(22-32-13-9-7-10-14-32)64-53(80)42(26-45(72)73)67-52(79)41(24-34-27-58-29-60-34)66-49(76)37(18-20-84-6)63-48(75)35(56)25-44(70)71;3-2(4,5)1(6)7/h7-16,27,29-31,35-42,46H,17-26,28,56H2,1-6H3,(H2,57,74)(H,58,60)(H,59,82)(H,61,69)(H,62,77)(H,63,75)(H,64,80)(H,65,78)(H,66,76)(H,67,79)(H,68,81)(H,70,71)(H,72,73);(H,6,7)/t35-,36-,37-,38-,39-,40-,41-,42-,46-;/m0./s1. The van der Waals surface area contributed by atoms with Crippen LogP contribution in [0.4, 0.5) is 13.2 Å². The molecule has 0 saturated carbocycles. The summed E-state index contributed by atoms with van der Waals surface area (Å²) < 4.78 is 31.7. The third-order valence-electron chi connectivity index (χ3n) is 13.0. The normalized spacial score (nSPS) is 14.1. The molecule has 0 radical (unpaired) electrons. The van der Waals surface area contributed by atoms with E-state index in [1.807, 2.05) is 20.1 Å². The minimum Gasteiger partial charge on any atom is -0.481 e. The lowest BCUT2D eigenvalue weighted by Crippen LogP contribution is -2.61. The Hall–Kier alpha value is -8.79. The number of carboxylic acids is 3. The Morgan fingerprint density at radius 3 is 1.40 bits per heavy atom. The average Bonchev–Trinajstić information content (AvgIpc) is 1.43. The molecule has 502 valence electrons. The van der Waals surface area contributed by atoms with Gasteiger partial charge in [0.25, 0.3) is 0 Å². The van der Waals surface area contributed by atoms with Crippen molar-refractivity contribution in [2.45, 2.75) is 140 Å². The van der Waals surface area contributed by atoms with Gasteiger partial charge in [-0.15, -0.1) is 0 Å². The van der Waals surface area contributed by atoms with Crippen LogP contribution in [0.15, 0.2) is 73.2 Å². The number of alkyl halides is 3. The predicted molar refractivity (Wildman–Crippen MR) is 327 cm³/mol. The Morgan fingerprint density at radius 1 is 0.549 bits per heavy atom. The van der Waals surface area contributed by atoms with Crippen molar-refractivity contribution in [2.75, 3.05) is 30.6 Å². The number of primary amides is 1. The molecule has 0 aliphatic heterocycles. The van der Waals surface area contributed by atoms with E-state index in [1.165, 1.54) is 36.0 Å². The zero-order valence-electron chi connectivity index (χ0n) is 50.8. The van der Waals surface area contributed by atoms with Gasteiger partial charge in [0.2, 0.25) is 59.1 Å². The number of H-pyrrole nitrogens is 1. The number of nitrogens with zero attached hydrogens (tertiary/aromatic N) is 1. The minimum atomic E-state index is -5.08. The van der Waals surface area contributed by atoms with E-state index in [1.54, 1.807) is 80.8 Å². The van der Waals surface area contributed by atoms with Gasteiger partial charge in [0.15, 0.2) is 0 Å². The number of hydrogen-bond donors (Lipinski definition) is 15. The van der Waals surface area contributed by atoms with Crippen LogP contribution in [0.25, 0.3) is 0 Å². The highest BCUT2D eigenvalue weighted by Crippen LogP contribution is 2.15. The largest absolute Gasteiger partial charge is 0.490 e. The van der Waals surface area contributed by atoms with Crippen LogP contribution in [-0.2, 0) is 81.6 Å². The molecule has 1 aromatic heterocycles. The van der Waals surface area contributed by atoms with Crippen molar-refractivity contribution in [1.29, 1.82) is 0 Å². The molecule has 91 heavy (non-hydrogen) atoms. The third kappa shape index (κ3) is 30.5. The second-order valence-corrected chi connectivity index (χ2v) is 23.3. The molecule has 0 bridgehead atoms. The maximum absolute atomic E-state index is 14.6. The number of nitrogens with two attached hydrogens (primary N) is 2. The molecule has 10 amide bonds. The van der Waals surface area contributed by atoms with Crippen LogP contribution in [0.1, 0.15) is 76.6 Å². The molecule has 17 N–H and O–H groups in total. The predicted octanol–water partition coefficient (Wildman–Crippen LogP) is -0.964. The number of aromatic nitrogens is 2. The van der Waals surface area contributed by atoms with Crippen molar-refractivity contribution in [3.8, 4) is 0 Å². The van der Waals surface area contributed by atoms with Crippen LogP contribution < -0.4 is 59.3 Å². The molecule has 0 unspecified atom stereocenters. The average molecular weight is 1320 g/mol. The SMILES string of the molecule is CSCC[C@H](NC(=O)[C@H](CC(C)C)NC(=O)CNC(=O)[C@@H](NC(=O)[C@H](Cc1ccccc1)NC(=O)[C@H](Cc1ccccc1)NC(=O)[C@H](CC(=O)O)NC(=O)[C@H](Cc1cnc[nH]1)NC(=O)[C@H](CCSC)NC(=O)[C@@H](N)CC(=O)O)C(C)C)C(N)=O.O=C(O)C(F)(F)F. The Bertz CT molecular complexity index is 2920. The number of carbonyl (C=O) groups is 13. The molecule has 0 aliphatic rings. The highest BCUT2D eigenvalue weighted by Gasteiger charge is 2.39. The number of carboxylic acid groups (broad SMARTS) is 3. The van der Waals surface area contributed by atoms with Gasteiger partial charge in [-0.05, 0) is 66.2 Å². The summed E-state index contributed by atoms with van der Waals surface area (Å²) in [5.41, 5.74) is 12.7. The van der Waals surface area contributed by atoms with Crippen LogP contribution in [0.2, 0.25) is 0 Å². The lowest BCUT2D eigenvalue weighted by atomic mass is 9.99. The molecule has 0 spiro atoms. The van der Waals surface area contributed by atoms with Crippen molar-refractivity contribution in [2.24, 2.45) is 23.3 Å². The number of hydrogen-bond acceptors (Lipinski definition) is 17. The molecule has 0 saturated heterocycles. The summed E-state index contributed by atoms with van der Waals surface area (Å²) >= 11 is 2.78. The molecule has 0 aliphatic carbocycles. The Kier molecular flexibility index (Phi) is 34.5. The Labute approximate surface area is 530 Å². The third-order valence-corrected chi connectivity index (χ3v) is 14.3. The maximum Gasteiger partial charge on any atom is 0.490 e. The van der Waals surface area contributed by atoms with Gasteiger partial charge in [0.05, 0.1) is 31.8 Å². The zero-order chi connectivity index (χ0) is 68.5. The number of benzene rings is 2. The highest BCUT2D eigenvalue weighted by atomic mass is 32.2. The number of imidazole rings is 1. The molecule has 34 heteroatoms. The van der Waals surface area contributed by atoms with Crippen LogP contribution in [0.3, 0.4) is 0 Å². The van der Waals surface area contributed by atoms with E-state index in [0.717, 1.165) is 0 Å². The second kappa shape index (κ2) is 40.1. The fourth-order valence-electron chi connectivity index (χ4n) is 8.29. The summed E-state index contributed by atoms with van der Waals surface area (Å²) in [6, 6.07) is 4.14. The summed E-state index contributed by atoms with van der Waals surface area (Å²) in [4.78, 5) is 176. The van der Waals surface area contributed by atoms with E-state index in [9.17, 15) is 75.8 Å². The lowest BCUT2D eigenvalue weighted by Gasteiger charge is -2.28. The van der Waals surface area contributed by atoms with E-state index >= 15 is 0 Å². The molecule has 0 fully saturated rings. The van der Waals surface area contributed by atoms with Gasteiger partial charge < -0.3 is 79.6 Å². The van der Waals surface area contributed by atoms with Gasteiger partial charge in [-0.2, -0.15) is 36.7 Å². The Balaban J connectivity index is 0.00000379. The van der Waals surface area contributed by atoms with E-state index in [0.29, 0.717) is 28.3 Å². The zero-order valence-corrected chi connectivity index (χ0v) is 52.4. The molecule has 9 atom stereocenters. The summed E-state index contributed by atoms with van der Waals surface area (Å²) in [6.45, 7) is 6.29. The summed E-state index contributed by atoms with van der Waals surface area (Å²) in [5, 5.41) is 49.2. The number of rotatable bonds is 38. The first-order chi connectivity index (χ1) is 42.8. The van der Waals surface area contributed by atoms with Crippen LogP contribution in [-0.4, -0.2) is 193 Å². The number of aliphatic carboxylic acids is 3. The highest BCUT2D eigenvalue weighted by molar-refractivity contribution is 7.98. The maximum atomic E-state index is 14.6. The monoisotopic (exact) mass is 1320 g/mol. The fourth-order valence-corrected chi connectivity index (χ4v) is 9.23. The number of amides is 10. The van der Waals surface area contributed by atoms with Gasteiger partial charge >= 0.3 is 24.1 Å². The first kappa shape index (κ1) is 78.3. The van der Waals surface area contributed by atoms with E-state index in [2.05, 4.69) is 57.8 Å². The molecule has 1 heterocycles. The van der Waals surface area contributed by atoms with Crippen LogP contribution in [0.5, 0.6) is 0 Å². The summed E-state index contributed by atoms with van der Waals surface area (Å²) in [5.74, 6) is -14.3. The van der Waals surface area contributed by atoms with Crippen molar-refractivity contribution >= 4 is 101 Å². The van der Waals surface area contributed by atoms with Crippen molar-refractivity contribution in [3.63, 3.8) is 0 Å².